The highest BCUT2D eigenvalue weighted by atomic mass is 16.6. The molecule has 7 amide bonds. The smallest absolute Gasteiger partial charge is 0.329 e. The second kappa shape index (κ2) is 25.8. The number of carbonyl (C=O) groups excluding carboxylic acids is 9. The molecule has 0 spiro atoms. The summed E-state index contributed by atoms with van der Waals surface area (Å²) in [6.07, 6.45) is 5.47. The standard InChI is InChI=1S/C55H83N7O11/c1-16-17-19-28-41-55(11,12)54(71)57-42(32(2)3)48(65)59(14)43(33(4)5)49(66)60(15)44(34(6)7)50(67)62-30-23-27-39(62)47(64)58(13)40(31-37-24-20-18-21-25-37)53(70)73-45(35(8)9)51(68)61-29-22-26-38(61)46(63)56-36(10)52(69)72-41/h1,18,20-21,24-25,32-36,38-45H,17,19,22-23,26-31H2,2-15H3,(H,56,63)(H,57,71). The minimum absolute atomic E-state index is 0.0162. The quantitative estimate of drug-likeness (QED) is 0.205. The van der Waals surface area contributed by atoms with Crippen LogP contribution >= 0.6 is 0 Å². The number of nitrogens with zero attached hydrogens (tertiary/aromatic N) is 5. The van der Waals surface area contributed by atoms with Gasteiger partial charge in [0, 0.05) is 47.1 Å². The van der Waals surface area contributed by atoms with Gasteiger partial charge in [-0.25, -0.2) is 9.59 Å². The van der Waals surface area contributed by atoms with E-state index >= 15 is 0 Å². The summed E-state index contributed by atoms with van der Waals surface area (Å²) >= 11 is 0. The van der Waals surface area contributed by atoms with Gasteiger partial charge in [0.1, 0.15) is 48.4 Å². The zero-order valence-corrected chi connectivity index (χ0v) is 45.8. The van der Waals surface area contributed by atoms with Crippen molar-refractivity contribution in [2.45, 2.75) is 182 Å². The minimum Gasteiger partial charge on any atom is -0.460 e. The van der Waals surface area contributed by atoms with Crippen molar-refractivity contribution in [3.05, 3.63) is 35.9 Å². The van der Waals surface area contributed by atoms with E-state index in [1.54, 1.807) is 93.5 Å². The molecule has 0 aromatic heterocycles. The van der Waals surface area contributed by atoms with E-state index < -0.39 is 137 Å². The lowest BCUT2D eigenvalue weighted by Crippen LogP contribution is -2.62. The van der Waals surface area contributed by atoms with Gasteiger partial charge in [-0.1, -0.05) is 85.7 Å². The first-order chi connectivity index (χ1) is 34.2. The third kappa shape index (κ3) is 14.0. The number of carbonyl (C=O) groups is 9. The Morgan fingerprint density at radius 3 is 1.75 bits per heavy atom. The van der Waals surface area contributed by atoms with Crippen molar-refractivity contribution in [2.24, 2.45) is 29.1 Å². The molecule has 9 atom stereocenters. The lowest BCUT2D eigenvalue weighted by molar-refractivity contribution is -0.170. The zero-order valence-electron chi connectivity index (χ0n) is 45.8. The largest absolute Gasteiger partial charge is 0.460 e. The van der Waals surface area contributed by atoms with Crippen molar-refractivity contribution in [2.75, 3.05) is 34.2 Å². The van der Waals surface area contributed by atoms with Gasteiger partial charge in [0.15, 0.2) is 6.10 Å². The maximum Gasteiger partial charge on any atom is 0.329 e. The maximum absolute atomic E-state index is 14.9. The lowest BCUT2D eigenvalue weighted by Gasteiger charge is -2.41. The van der Waals surface area contributed by atoms with E-state index in [-0.39, 0.29) is 38.8 Å². The summed E-state index contributed by atoms with van der Waals surface area (Å²) in [5, 5.41) is 5.60. The molecule has 3 heterocycles. The molecule has 73 heavy (non-hydrogen) atoms. The molecule has 18 nitrogen and oxygen atoms in total. The number of likely N-dealkylation sites (N-methyl/N-ethyl adjacent to an activating group) is 3. The van der Waals surface area contributed by atoms with Crippen LogP contribution in [0.15, 0.2) is 30.3 Å². The van der Waals surface area contributed by atoms with Gasteiger partial charge in [0.05, 0.1) is 5.41 Å². The van der Waals surface area contributed by atoms with Gasteiger partial charge < -0.3 is 44.6 Å². The van der Waals surface area contributed by atoms with Crippen LogP contribution in [0.2, 0.25) is 0 Å². The van der Waals surface area contributed by atoms with E-state index in [0.717, 1.165) is 0 Å². The Morgan fingerprint density at radius 2 is 1.21 bits per heavy atom. The fraction of sp³-hybridized carbons (Fsp3) is 0.691. The number of esters is 2. The van der Waals surface area contributed by atoms with Crippen LogP contribution in [0, 0.1) is 41.4 Å². The first-order valence-electron chi connectivity index (χ1n) is 26.1. The Kier molecular flexibility index (Phi) is 21.0. The molecule has 9 unspecified atom stereocenters. The monoisotopic (exact) mass is 1020 g/mol. The number of ether oxygens (including phenoxy) is 2. The number of hydrogen-bond donors (Lipinski definition) is 2. The number of amides is 7. The van der Waals surface area contributed by atoms with Crippen molar-refractivity contribution >= 4 is 53.3 Å². The van der Waals surface area contributed by atoms with Crippen molar-refractivity contribution in [1.82, 2.24) is 35.1 Å². The summed E-state index contributed by atoms with van der Waals surface area (Å²) in [5.41, 5.74) is -0.749. The third-order valence-electron chi connectivity index (χ3n) is 14.8. The molecule has 404 valence electrons. The van der Waals surface area contributed by atoms with Crippen LogP contribution in [0.1, 0.15) is 127 Å². The molecular formula is C55H83N7O11. The summed E-state index contributed by atoms with van der Waals surface area (Å²) in [6, 6.07) is 1.21. The fourth-order valence-corrected chi connectivity index (χ4v) is 10.3. The molecule has 3 fully saturated rings. The summed E-state index contributed by atoms with van der Waals surface area (Å²) in [4.78, 5) is 138. The van der Waals surface area contributed by atoms with E-state index in [2.05, 4.69) is 16.6 Å². The molecule has 2 N–H and O–H groups in total. The normalized spacial score (nSPS) is 28.2. The number of unbranched alkanes of at least 4 members (excludes halogenated alkanes) is 1. The Hall–Kier alpha value is -5.99. The number of fused-ring (bicyclic) bond motifs is 2. The number of hydrogen-bond acceptors (Lipinski definition) is 11. The van der Waals surface area contributed by atoms with Crippen LogP contribution in [0.25, 0.3) is 0 Å². The Morgan fingerprint density at radius 1 is 0.658 bits per heavy atom. The summed E-state index contributed by atoms with van der Waals surface area (Å²) in [5.74, 6) is -5.05. The van der Waals surface area contributed by atoms with E-state index in [0.29, 0.717) is 31.2 Å². The number of benzene rings is 1. The summed E-state index contributed by atoms with van der Waals surface area (Å²) in [6.45, 7) is 19.1. The maximum atomic E-state index is 14.9. The van der Waals surface area contributed by atoms with Gasteiger partial charge >= 0.3 is 11.9 Å². The average molecular weight is 1020 g/mol. The van der Waals surface area contributed by atoms with Crippen LogP contribution in [0.4, 0.5) is 0 Å². The predicted molar refractivity (Wildman–Crippen MR) is 274 cm³/mol. The molecule has 3 aliphatic rings. The van der Waals surface area contributed by atoms with Crippen molar-refractivity contribution < 1.29 is 52.6 Å². The van der Waals surface area contributed by atoms with E-state index in [1.807, 2.05) is 6.07 Å². The van der Waals surface area contributed by atoms with E-state index in [4.69, 9.17) is 15.9 Å². The van der Waals surface area contributed by atoms with E-state index in [9.17, 15) is 43.2 Å². The molecule has 1 aromatic carbocycles. The average Bonchev–Trinajstić information content (AvgIpc) is 4.04. The minimum atomic E-state index is -1.46. The SMILES string of the molecule is C#CCCCC1OC(=O)C(C)NC(=O)C2CCCN2C(=O)C(C(C)C)OC(=O)C(Cc2ccccc2)N(C)C(=O)C2CCCN2C(=O)C(C(C)C)N(C)C(=O)C(C(C)C)N(C)C(=O)C(C(C)C)NC(=O)C1(C)C. The van der Waals surface area contributed by atoms with Crippen LogP contribution in [-0.2, 0) is 59.0 Å². The van der Waals surface area contributed by atoms with Gasteiger partial charge in [-0.3, -0.25) is 33.6 Å². The molecule has 18 heteroatoms. The van der Waals surface area contributed by atoms with Crippen molar-refractivity contribution in [3.63, 3.8) is 0 Å². The van der Waals surface area contributed by atoms with Gasteiger partial charge in [-0.15, -0.1) is 12.3 Å². The number of terminal acetylenes is 1. The molecule has 3 saturated heterocycles. The molecule has 3 aliphatic heterocycles. The third-order valence-corrected chi connectivity index (χ3v) is 14.8. The highest BCUT2D eigenvalue weighted by molar-refractivity contribution is 5.98. The highest BCUT2D eigenvalue weighted by Crippen LogP contribution is 2.31. The first-order valence-corrected chi connectivity index (χ1v) is 26.1. The molecule has 1 aromatic rings. The summed E-state index contributed by atoms with van der Waals surface area (Å²) < 4.78 is 12.2. The van der Waals surface area contributed by atoms with Crippen LogP contribution in [0.3, 0.4) is 0 Å². The Bertz CT molecular complexity index is 2210. The van der Waals surface area contributed by atoms with E-state index in [1.165, 1.54) is 52.6 Å². The van der Waals surface area contributed by atoms with Gasteiger partial charge in [-0.2, -0.15) is 0 Å². The highest BCUT2D eigenvalue weighted by Gasteiger charge is 2.48. The van der Waals surface area contributed by atoms with Crippen molar-refractivity contribution in [1.29, 1.82) is 0 Å². The van der Waals surface area contributed by atoms with Gasteiger partial charge in [-0.05, 0) is 88.5 Å². The fourth-order valence-electron chi connectivity index (χ4n) is 10.3. The number of cyclic esters (lactones) is 2. The Balaban J connectivity index is 1.85. The predicted octanol–water partition coefficient (Wildman–Crippen LogP) is 3.97. The molecule has 0 saturated carbocycles. The van der Waals surface area contributed by atoms with Gasteiger partial charge in [0.25, 0.3) is 5.91 Å². The molecule has 0 radical (unpaired) electrons. The zero-order chi connectivity index (χ0) is 54.8. The molecule has 4 rings (SSSR count). The lowest BCUT2D eigenvalue weighted by atomic mass is 9.82. The summed E-state index contributed by atoms with van der Waals surface area (Å²) in [7, 11) is 4.47. The second-order valence-electron chi connectivity index (χ2n) is 22.1. The Labute approximate surface area is 433 Å². The van der Waals surface area contributed by atoms with Gasteiger partial charge in [0.2, 0.25) is 35.4 Å². The van der Waals surface area contributed by atoms with Crippen LogP contribution < -0.4 is 10.6 Å². The molecule has 0 bridgehead atoms. The molecular weight excluding hydrogens is 935 g/mol. The van der Waals surface area contributed by atoms with Crippen LogP contribution in [0.5, 0.6) is 0 Å². The van der Waals surface area contributed by atoms with Crippen LogP contribution in [-0.4, -0.2) is 167 Å². The van der Waals surface area contributed by atoms with Crippen molar-refractivity contribution in [3.8, 4) is 12.3 Å². The topological polar surface area (TPSA) is 212 Å². The second-order valence-corrected chi connectivity index (χ2v) is 22.1. The number of nitrogens with one attached hydrogen (secondary N) is 2. The first kappa shape index (κ1) is 59.6. The number of rotatable bonds is 9. The molecule has 0 aliphatic carbocycles.